The van der Waals surface area contributed by atoms with Gasteiger partial charge in [0, 0.05) is 12.7 Å². The largest absolute Gasteiger partial charge is 0.393 e. The number of aliphatic hydroxyl groups is 1. The van der Waals surface area contributed by atoms with Crippen molar-refractivity contribution in [1.29, 1.82) is 5.26 Å². The minimum atomic E-state index is -0.278. The SMILES string of the molecule is CCC(O)CCNc1cccnc1C#N. The number of nitriles is 1. The van der Waals surface area contributed by atoms with Crippen LogP contribution >= 0.6 is 0 Å². The van der Waals surface area contributed by atoms with Crippen LogP contribution in [0.25, 0.3) is 0 Å². The molecule has 0 aromatic carbocycles. The standard InChI is InChI=1S/C11H15N3O/c1-2-9(15)5-7-14-10-4-3-6-13-11(10)8-12/h3-4,6,9,14-15H,2,5,7H2,1H3. The van der Waals surface area contributed by atoms with Gasteiger partial charge >= 0.3 is 0 Å². The molecule has 0 aliphatic heterocycles. The number of rotatable bonds is 5. The van der Waals surface area contributed by atoms with E-state index >= 15 is 0 Å². The van der Waals surface area contributed by atoms with Gasteiger partial charge in [-0.3, -0.25) is 0 Å². The van der Waals surface area contributed by atoms with Crippen molar-refractivity contribution in [3.05, 3.63) is 24.0 Å². The van der Waals surface area contributed by atoms with Gasteiger partial charge < -0.3 is 10.4 Å². The van der Waals surface area contributed by atoms with Crippen LogP contribution in [0.3, 0.4) is 0 Å². The van der Waals surface area contributed by atoms with Gasteiger partial charge in [-0.15, -0.1) is 0 Å². The Kier molecular flexibility index (Phi) is 4.58. The van der Waals surface area contributed by atoms with Gasteiger partial charge in [0.05, 0.1) is 11.8 Å². The van der Waals surface area contributed by atoms with E-state index in [0.29, 0.717) is 18.7 Å². The highest BCUT2D eigenvalue weighted by Crippen LogP contribution is 2.10. The minimum Gasteiger partial charge on any atom is -0.393 e. The molecule has 0 amide bonds. The highest BCUT2D eigenvalue weighted by atomic mass is 16.3. The van der Waals surface area contributed by atoms with Crippen molar-refractivity contribution < 1.29 is 5.11 Å². The fourth-order valence-corrected chi connectivity index (χ4v) is 1.21. The average molecular weight is 205 g/mol. The third kappa shape index (κ3) is 3.56. The molecule has 2 N–H and O–H groups in total. The van der Waals surface area contributed by atoms with Crippen LogP contribution < -0.4 is 5.32 Å². The molecule has 1 heterocycles. The normalized spacial score (nSPS) is 11.8. The van der Waals surface area contributed by atoms with Crippen molar-refractivity contribution >= 4 is 5.69 Å². The molecule has 1 aromatic rings. The van der Waals surface area contributed by atoms with Crippen LogP contribution in [-0.4, -0.2) is 22.7 Å². The molecule has 0 saturated carbocycles. The molecule has 0 radical (unpaired) electrons. The van der Waals surface area contributed by atoms with Gasteiger partial charge in [0.15, 0.2) is 5.69 Å². The molecule has 4 nitrogen and oxygen atoms in total. The Morgan fingerprint density at radius 3 is 3.13 bits per heavy atom. The summed E-state index contributed by atoms with van der Waals surface area (Å²) in [5, 5.41) is 21.2. The van der Waals surface area contributed by atoms with E-state index in [9.17, 15) is 5.11 Å². The van der Waals surface area contributed by atoms with Crippen molar-refractivity contribution in [1.82, 2.24) is 4.98 Å². The summed E-state index contributed by atoms with van der Waals surface area (Å²) in [5.41, 5.74) is 1.12. The molecule has 1 aromatic heterocycles. The van der Waals surface area contributed by atoms with Gasteiger partial charge in [-0.1, -0.05) is 6.92 Å². The smallest absolute Gasteiger partial charge is 0.163 e. The summed E-state index contributed by atoms with van der Waals surface area (Å²) in [6.45, 7) is 2.59. The van der Waals surface area contributed by atoms with Crippen LogP contribution in [0.2, 0.25) is 0 Å². The molecule has 4 heteroatoms. The maximum Gasteiger partial charge on any atom is 0.163 e. The second kappa shape index (κ2) is 5.99. The zero-order valence-electron chi connectivity index (χ0n) is 8.77. The molecule has 1 atom stereocenters. The van der Waals surface area contributed by atoms with Crippen LogP contribution in [0.1, 0.15) is 25.5 Å². The number of nitrogens with one attached hydrogen (secondary N) is 1. The third-order valence-corrected chi connectivity index (χ3v) is 2.18. The molecule has 15 heavy (non-hydrogen) atoms. The molecule has 1 unspecified atom stereocenters. The van der Waals surface area contributed by atoms with Gasteiger partial charge in [-0.2, -0.15) is 5.26 Å². The Labute approximate surface area is 89.6 Å². The van der Waals surface area contributed by atoms with Crippen molar-refractivity contribution in [3.63, 3.8) is 0 Å². The molecule has 0 fully saturated rings. The van der Waals surface area contributed by atoms with Crippen molar-refractivity contribution in [3.8, 4) is 6.07 Å². The van der Waals surface area contributed by atoms with E-state index in [0.717, 1.165) is 12.1 Å². The molecule has 0 aliphatic carbocycles. The first-order valence-electron chi connectivity index (χ1n) is 5.05. The number of hydrogen-bond acceptors (Lipinski definition) is 4. The quantitative estimate of drug-likeness (QED) is 0.764. The van der Waals surface area contributed by atoms with Crippen molar-refractivity contribution in [2.24, 2.45) is 0 Å². The first kappa shape index (κ1) is 11.5. The number of hydrogen-bond donors (Lipinski definition) is 2. The molecule has 80 valence electrons. The van der Waals surface area contributed by atoms with Crippen molar-refractivity contribution in [2.75, 3.05) is 11.9 Å². The molecule has 0 aliphatic rings. The van der Waals surface area contributed by atoms with E-state index in [1.165, 1.54) is 0 Å². The average Bonchev–Trinajstić information content (AvgIpc) is 2.29. The molecular weight excluding hydrogens is 190 g/mol. The van der Waals surface area contributed by atoms with E-state index in [2.05, 4.69) is 10.3 Å². The van der Waals surface area contributed by atoms with Crippen LogP contribution in [-0.2, 0) is 0 Å². The summed E-state index contributed by atoms with van der Waals surface area (Å²) in [5.74, 6) is 0. The predicted octanol–water partition coefficient (Wildman–Crippen LogP) is 1.53. The Morgan fingerprint density at radius 1 is 1.67 bits per heavy atom. The predicted molar refractivity (Wildman–Crippen MR) is 58.4 cm³/mol. The number of aliphatic hydroxyl groups excluding tert-OH is 1. The van der Waals surface area contributed by atoms with Crippen LogP contribution in [0.5, 0.6) is 0 Å². The summed E-state index contributed by atoms with van der Waals surface area (Å²) in [6.07, 6.45) is 2.74. The van der Waals surface area contributed by atoms with Gasteiger partial charge in [-0.05, 0) is 25.0 Å². The molecule has 0 bridgehead atoms. The van der Waals surface area contributed by atoms with Crippen LogP contribution in [0.15, 0.2) is 18.3 Å². The van der Waals surface area contributed by atoms with Gasteiger partial charge in [0.2, 0.25) is 0 Å². The van der Waals surface area contributed by atoms with Gasteiger partial charge in [0.25, 0.3) is 0 Å². The summed E-state index contributed by atoms with van der Waals surface area (Å²) in [4.78, 5) is 3.93. The summed E-state index contributed by atoms with van der Waals surface area (Å²) in [7, 11) is 0. The zero-order valence-corrected chi connectivity index (χ0v) is 8.77. The van der Waals surface area contributed by atoms with Crippen LogP contribution in [0, 0.1) is 11.3 Å². The lowest BCUT2D eigenvalue weighted by Gasteiger charge is -2.10. The fourth-order valence-electron chi connectivity index (χ4n) is 1.21. The lowest BCUT2D eigenvalue weighted by atomic mass is 10.2. The molecule has 1 rings (SSSR count). The topological polar surface area (TPSA) is 68.9 Å². The Hall–Kier alpha value is -1.60. The summed E-state index contributed by atoms with van der Waals surface area (Å²) in [6, 6.07) is 5.60. The van der Waals surface area contributed by atoms with Gasteiger partial charge in [0.1, 0.15) is 6.07 Å². The van der Waals surface area contributed by atoms with E-state index in [1.54, 1.807) is 12.3 Å². The lowest BCUT2D eigenvalue weighted by molar-refractivity contribution is 0.164. The molecular formula is C11H15N3O. The van der Waals surface area contributed by atoms with E-state index in [4.69, 9.17) is 5.26 Å². The highest BCUT2D eigenvalue weighted by molar-refractivity contribution is 5.53. The second-order valence-electron chi connectivity index (χ2n) is 3.29. The number of nitrogens with zero attached hydrogens (tertiary/aromatic N) is 2. The third-order valence-electron chi connectivity index (χ3n) is 2.18. The van der Waals surface area contributed by atoms with Crippen molar-refractivity contribution in [2.45, 2.75) is 25.9 Å². The Balaban J connectivity index is 2.47. The molecule has 0 saturated heterocycles. The monoisotopic (exact) mass is 205 g/mol. The van der Waals surface area contributed by atoms with Crippen LogP contribution in [0.4, 0.5) is 5.69 Å². The zero-order chi connectivity index (χ0) is 11.1. The fraction of sp³-hybridized carbons (Fsp3) is 0.455. The second-order valence-corrected chi connectivity index (χ2v) is 3.29. The van der Waals surface area contributed by atoms with Gasteiger partial charge in [-0.25, -0.2) is 4.98 Å². The lowest BCUT2D eigenvalue weighted by Crippen LogP contribution is -2.12. The first-order valence-corrected chi connectivity index (χ1v) is 5.05. The maximum atomic E-state index is 9.34. The summed E-state index contributed by atoms with van der Waals surface area (Å²) < 4.78 is 0. The maximum absolute atomic E-state index is 9.34. The molecule has 0 spiro atoms. The first-order chi connectivity index (χ1) is 7.27. The Morgan fingerprint density at radius 2 is 2.47 bits per heavy atom. The van der Waals surface area contributed by atoms with E-state index < -0.39 is 0 Å². The number of pyridine rings is 1. The van der Waals surface area contributed by atoms with E-state index in [-0.39, 0.29) is 6.10 Å². The highest BCUT2D eigenvalue weighted by Gasteiger charge is 2.03. The number of aromatic nitrogens is 1. The number of anilines is 1. The summed E-state index contributed by atoms with van der Waals surface area (Å²) >= 11 is 0. The Bertz CT molecular complexity index is 346. The minimum absolute atomic E-state index is 0.278. The van der Waals surface area contributed by atoms with E-state index in [1.807, 2.05) is 19.1 Å².